The van der Waals surface area contributed by atoms with Crippen LogP contribution in [-0.2, 0) is 6.18 Å². The van der Waals surface area contributed by atoms with Crippen molar-refractivity contribution in [3.8, 4) is 11.3 Å². The Morgan fingerprint density at radius 1 is 1.04 bits per heavy atom. The fourth-order valence-electron chi connectivity index (χ4n) is 3.77. The average molecular weight is 366 g/mol. The molecule has 0 amide bonds. The second kappa shape index (κ2) is 7.47. The highest BCUT2D eigenvalue weighted by molar-refractivity contribution is 5.60. The summed E-state index contributed by atoms with van der Waals surface area (Å²) in [5, 5.41) is 10.9. The van der Waals surface area contributed by atoms with E-state index < -0.39 is 17.8 Å². The number of rotatable bonds is 4. The molecule has 0 spiro atoms. The van der Waals surface area contributed by atoms with Crippen LogP contribution >= 0.6 is 0 Å². The highest BCUT2D eigenvalue weighted by Crippen LogP contribution is 2.41. The number of alkyl halides is 3. The van der Waals surface area contributed by atoms with Gasteiger partial charge in [-0.3, -0.25) is 0 Å². The Morgan fingerprint density at radius 3 is 2.19 bits per heavy atom. The minimum atomic E-state index is -4.35. The lowest BCUT2D eigenvalue weighted by molar-refractivity contribution is -0.137. The Morgan fingerprint density at radius 2 is 1.65 bits per heavy atom. The molecule has 1 N–H and O–H groups in total. The normalized spacial score (nSPS) is 17.7. The summed E-state index contributed by atoms with van der Waals surface area (Å²) in [5.41, 5.74) is 0.683. The Balaban J connectivity index is 1.91. The number of aliphatic hydroxyl groups excluding tert-OH is 1. The van der Waals surface area contributed by atoms with Crippen LogP contribution in [0.3, 0.4) is 0 Å². The zero-order chi connectivity index (χ0) is 18.9. The molecule has 26 heavy (non-hydrogen) atoms. The van der Waals surface area contributed by atoms with E-state index in [0.717, 1.165) is 49.1 Å². The number of hydrogen-bond acceptors (Lipinski definition) is 2. The highest BCUT2D eigenvalue weighted by Gasteiger charge is 2.31. The summed E-state index contributed by atoms with van der Waals surface area (Å²) in [6.07, 6.45) is 0.527. The number of halogens is 3. The van der Waals surface area contributed by atoms with Crippen LogP contribution < -0.4 is 0 Å². The first-order valence-electron chi connectivity index (χ1n) is 9.26. The van der Waals surface area contributed by atoms with Crippen molar-refractivity contribution in [2.75, 3.05) is 0 Å². The lowest BCUT2D eigenvalue weighted by Gasteiger charge is -2.26. The molecule has 0 saturated heterocycles. The predicted octanol–water partition coefficient (Wildman–Crippen LogP) is 6.70. The minimum absolute atomic E-state index is 0.0893. The molecule has 1 atom stereocenters. The van der Waals surface area contributed by atoms with Gasteiger partial charge in [0.25, 0.3) is 0 Å². The van der Waals surface area contributed by atoms with Crippen molar-refractivity contribution in [1.29, 1.82) is 0 Å². The van der Waals surface area contributed by atoms with Crippen molar-refractivity contribution in [2.24, 2.45) is 5.92 Å². The molecule has 1 aromatic heterocycles. The Kier molecular flexibility index (Phi) is 5.47. The molecule has 1 saturated carbocycles. The van der Waals surface area contributed by atoms with Crippen molar-refractivity contribution in [3.63, 3.8) is 0 Å². The van der Waals surface area contributed by atoms with Gasteiger partial charge in [0.1, 0.15) is 11.5 Å². The van der Waals surface area contributed by atoms with E-state index in [9.17, 15) is 18.3 Å². The molecule has 0 aliphatic heterocycles. The van der Waals surface area contributed by atoms with Gasteiger partial charge in [0.05, 0.1) is 11.7 Å². The van der Waals surface area contributed by atoms with Crippen LogP contribution in [0.15, 0.2) is 34.7 Å². The van der Waals surface area contributed by atoms with E-state index in [1.54, 1.807) is 6.07 Å². The first-order chi connectivity index (χ1) is 12.3. The molecule has 1 fully saturated rings. The quantitative estimate of drug-likeness (QED) is 0.653. The van der Waals surface area contributed by atoms with Crippen LogP contribution in [0.4, 0.5) is 13.2 Å². The summed E-state index contributed by atoms with van der Waals surface area (Å²) in [7, 11) is 0. The van der Waals surface area contributed by atoms with E-state index >= 15 is 0 Å². The van der Waals surface area contributed by atoms with Gasteiger partial charge >= 0.3 is 6.18 Å². The molecule has 142 valence electrons. The lowest BCUT2D eigenvalue weighted by Crippen LogP contribution is -2.16. The Labute approximate surface area is 152 Å². The molecule has 0 radical (unpaired) electrons. The maximum atomic E-state index is 12.8. The molecular formula is C21H25F3O2. The average Bonchev–Trinajstić information content (AvgIpc) is 3.07. The molecular weight excluding hydrogens is 341 g/mol. The molecule has 1 heterocycles. The Hall–Kier alpha value is -1.75. The fourth-order valence-corrected chi connectivity index (χ4v) is 3.77. The number of benzene rings is 1. The third kappa shape index (κ3) is 3.98. The summed E-state index contributed by atoms with van der Waals surface area (Å²) in [5.74, 6) is 1.54. The maximum Gasteiger partial charge on any atom is 0.416 e. The molecule has 3 rings (SSSR count). The molecule has 1 aliphatic carbocycles. The largest absolute Gasteiger partial charge is 0.460 e. The van der Waals surface area contributed by atoms with Gasteiger partial charge in [-0.2, -0.15) is 13.2 Å². The molecule has 1 aromatic carbocycles. The Bertz CT molecular complexity index is 723. The summed E-state index contributed by atoms with van der Waals surface area (Å²) < 4.78 is 44.2. The first-order valence-corrected chi connectivity index (χ1v) is 9.26. The van der Waals surface area contributed by atoms with E-state index in [0.29, 0.717) is 11.3 Å². The van der Waals surface area contributed by atoms with Crippen molar-refractivity contribution < 1.29 is 22.7 Å². The van der Waals surface area contributed by atoms with Crippen LogP contribution in [0, 0.1) is 5.92 Å². The fraction of sp³-hybridized carbons (Fsp3) is 0.524. The number of aliphatic hydroxyl groups is 1. The van der Waals surface area contributed by atoms with E-state index in [1.807, 2.05) is 13.8 Å². The number of hydrogen-bond donors (Lipinski definition) is 1. The molecule has 0 bridgehead atoms. The maximum absolute atomic E-state index is 12.8. The smallest absolute Gasteiger partial charge is 0.416 e. The topological polar surface area (TPSA) is 33.4 Å². The second-order valence-electron chi connectivity index (χ2n) is 7.50. The molecule has 1 unspecified atom stereocenters. The van der Waals surface area contributed by atoms with Crippen molar-refractivity contribution in [2.45, 2.75) is 64.1 Å². The summed E-state index contributed by atoms with van der Waals surface area (Å²) in [6, 6.07) is 6.76. The van der Waals surface area contributed by atoms with Gasteiger partial charge < -0.3 is 9.52 Å². The van der Waals surface area contributed by atoms with E-state index in [4.69, 9.17) is 4.42 Å². The van der Waals surface area contributed by atoms with Gasteiger partial charge in [-0.1, -0.05) is 45.2 Å². The van der Waals surface area contributed by atoms with E-state index in [2.05, 4.69) is 0 Å². The molecule has 2 aromatic rings. The summed E-state index contributed by atoms with van der Waals surface area (Å²) in [6.45, 7) is 3.99. The second-order valence-corrected chi connectivity index (χ2v) is 7.50. The SMILES string of the molecule is CC(C)c1oc(-c2ccc(C(F)(F)F)cc2)cc1C(O)C1CCCCC1. The van der Waals surface area contributed by atoms with Crippen LogP contribution in [0.5, 0.6) is 0 Å². The van der Waals surface area contributed by atoms with Gasteiger partial charge in [-0.25, -0.2) is 0 Å². The third-order valence-corrected chi connectivity index (χ3v) is 5.23. The van der Waals surface area contributed by atoms with Gasteiger partial charge in [0, 0.05) is 17.0 Å². The van der Waals surface area contributed by atoms with Crippen LogP contribution in [0.25, 0.3) is 11.3 Å². The van der Waals surface area contributed by atoms with Crippen LogP contribution in [0.1, 0.15) is 74.9 Å². The zero-order valence-electron chi connectivity index (χ0n) is 15.1. The van der Waals surface area contributed by atoms with Gasteiger partial charge in [0.2, 0.25) is 0 Å². The van der Waals surface area contributed by atoms with Crippen molar-refractivity contribution in [1.82, 2.24) is 0 Å². The molecule has 5 heteroatoms. The standard InChI is InChI=1S/C21H25F3O2/c1-13(2)20-17(19(25)15-6-4-3-5-7-15)12-18(26-20)14-8-10-16(11-9-14)21(22,23)24/h8-13,15,19,25H,3-7H2,1-2H3. The first kappa shape index (κ1) is 19.0. The van der Waals surface area contributed by atoms with Crippen molar-refractivity contribution >= 4 is 0 Å². The summed E-state index contributed by atoms with van der Waals surface area (Å²) >= 11 is 0. The van der Waals surface area contributed by atoms with Crippen LogP contribution in [-0.4, -0.2) is 5.11 Å². The highest BCUT2D eigenvalue weighted by atomic mass is 19.4. The van der Waals surface area contributed by atoms with E-state index in [-0.39, 0.29) is 11.8 Å². The monoisotopic (exact) mass is 366 g/mol. The van der Waals surface area contributed by atoms with Gasteiger partial charge in [-0.15, -0.1) is 0 Å². The predicted molar refractivity (Wildman–Crippen MR) is 94.8 cm³/mol. The zero-order valence-corrected chi connectivity index (χ0v) is 15.1. The van der Waals surface area contributed by atoms with Gasteiger partial charge in [0.15, 0.2) is 0 Å². The van der Waals surface area contributed by atoms with Crippen LogP contribution in [0.2, 0.25) is 0 Å². The summed E-state index contributed by atoms with van der Waals surface area (Å²) in [4.78, 5) is 0. The molecule has 2 nitrogen and oxygen atoms in total. The number of furan rings is 1. The lowest BCUT2D eigenvalue weighted by atomic mass is 9.82. The minimum Gasteiger partial charge on any atom is -0.460 e. The van der Waals surface area contributed by atoms with Crippen molar-refractivity contribution in [3.05, 3.63) is 47.2 Å². The van der Waals surface area contributed by atoms with E-state index in [1.165, 1.54) is 18.6 Å². The third-order valence-electron chi connectivity index (χ3n) is 5.23. The molecule has 1 aliphatic rings. The van der Waals surface area contributed by atoms with Gasteiger partial charge in [-0.05, 0) is 37.0 Å².